The predicted molar refractivity (Wildman–Crippen MR) is 79.6 cm³/mol. The van der Waals surface area contributed by atoms with E-state index in [4.69, 9.17) is 4.74 Å². The minimum atomic E-state index is -4.36. The molecule has 0 aliphatic heterocycles. The van der Waals surface area contributed by atoms with Crippen LogP contribution in [-0.2, 0) is 6.18 Å². The molecule has 0 spiro atoms. The van der Waals surface area contributed by atoms with Gasteiger partial charge in [-0.2, -0.15) is 13.2 Å². The first-order valence-corrected chi connectivity index (χ1v) is 7.04. The second-order valence-electron chi connectivity index (χ2n) is 4.27. The number of hydrogen-bond donors (Lipinski definition) is 1. The van der Waals surface area contributed by atoms with Crippen LogP contribution in [0.3, 0.4) is 0 Å². The summed E-state index contributed by atoms with van der Waals surface area (Å²) in [5, 5.41) is 2.75. The third kappa shape index (κ3) is 4.67. The van der Waals surface area contributed by atoms with Crippen molar-refractivity contribution in [1.29, 1.82) is 0 Å². The third-order valence-corrected chi connectivity index (χ3v) is 3.26. The highest BCUT2D eigenvalue weighted by atomic mass is 79.9. The van der Waals surface area contributed by atoms with Crippen LogP contribution in [0.15, 0.2) is 53.0 Å². The van der Waals surface area contributed by atoms with Gasteiger partial charge in [-0.3, -0.25) is 0 Å². The van der Waals surface area contributed by atoms with Gasteiger partial charge in [-0.25, -0.2) is 0 Å². The average Bonchev–Trinajstić information content (AvgIpc) is 2.45. The molecule has 6 heteroatoms. The summed E-state index contributed by atoms with van der Waals surface area (Å²) >= 11 is 3.31. The lowest BCUT2D eigenvalue weighted by atomic mass is 10.1. The zero-order valence-electron chi connectivity index (χ0n) is 11.0. The van der Waals surface area contributed by atoms with Crippen LogP contribution in [0.1, 0.15) is 5.56 Å². The van der Waals surface area contributed by atoms with Crippen LogP contribution in [0.2, 0.25) is 0 Å². The van der Waals surface area contributed by atoms with E-state index in [1.807, 2.05) is 12.1 Å². The molecule has 0 radical (unpaired) electrons. The molecule has 112 valence electrons. The minimum Gasteiger partial charge on any atom is -0.492 e. The Morgan fingerprint density at radius 3 is 2.33 bits per heavy atom. The van der Waals surface area contributed by atoms with Gasteiger partial charge in [0.15, 0.2) is 0 Å². The van der Waals surface area contributed by atoms with Gasteiger partial charge in [0.25, 0.3) is 0 Å². The first-order valence-electron chi connectivity index (χ1n) is 6.25. The molecule has 2 aromatic rings. The second-order valence-corrected chi connectivity index (χ2v) is 5.19. The fourth-order valence-electron chi connectivity index (χ4n) is 1.77. The van der Waals surface area contributed by atoms with Crippen molar-refractivity contribution in [3.8, 4) is 5.75 Å². The Morgan fingerprint density at radius 1 is 1.00 bits per heavy atom. The highest BCUT2D eigenvalue weighted by Gasteiger charge is 2.32. The van der Waals surface area contributed by atoms with Gasteiger partial charge in [-0.15, -0.1) is 0 Å². The smallest absolute Gasteiger partial charge is 0.418 e. The largest absolute Gasteiger partial charge is 0.492 e. The van der Waals surface area contributed by atoms with Crippen molar-refractivity contribution in [2.24, 2.45) is 0 Å². The van der Waals surface area contributed by atoms with Crippen molar-refractivity contribution in [3.63, 3.8) is 0 Å². The number of ether oxygens (including phenoxy) is 1. The van der Waals surface area contributed by atoms with Crippen LogP contribution in [0.4, 0.5) is 18.9 Å². The molecule has 2 aromatic carbocycles. The molecule has 0 bridgehead atoms. The molecule has 0 aromatic heterocycles. The summed E-state index contributed by atoms with van der Waals surface area (Å²) in [5.41, 5.74) is -0.613. The molecule has 0 aliphatic rings. The lowest BCUT2D eigenvalue weighted by Gasteiger charge is -2.14. The Kier molecular flexibility index (Phi) is 5.12. The predicted octanol–water partition coefficient (Wildman–Crippen LogP) is 4.96. The topological polar surface area (TPSA) is 21.3 Å². The van der Waals surface area contributed by atoms with E-state index in [-0.39, 0.29) is 18.8 Å². The zero-order valence-corrected chi connectivity index (χ0v) is 12.5. The molecule has 2 rings (SSSR count). The summed E-state index contributed by atoms with van der Waals surface area (Å²) < 4.78 is 44.7. The lowest BCUT2D eigenvalue weighted by molar-refractivity contribution is -0.136. The number of nitrogens with one attached hydrogen (secondary N) is 1. The maximum Gasteiger partial charge on any atom is 0.418 e. The van der Waals surface area contributed by atoms with Gasteiger partial charge in [-0.1, -0.05) is 28.1 Å². The first-order chi connectivity index (χ1) is 9.97. The van der Waals surface area contributed by atoms with Crippen LogP contribution in [0.5, 0.6) is 5.75 Å². The van der Waals surface area contributed by atoms with Crippen molar-refractivity contribution in [2.75, 3.05) is 18.5 Å². The Hall–Kier alpha value is -1.69. The summed E-state index contributed by atoms with van der Waals surface area (Å²) in [6.45, 7) is 0.553. The van der Waals surface area contributed by atoms with Crippen LogP contribution in [0.25, 0.3) is 0 Å². The van der Waals surface area contributed by atoms with E-state index in [2.05, 4.69) is 21.2 Å². The van der Waals surface area contributed by atoms with Gasteiger partial charge < -0.3 is 10.1 Å². The molecule has 0 saturated carbocycles. The SMILES string of the molecule is FC(F)(F)c1ccccc1NCCOc1ccc(Br)cc1. The molecule has 1 N–H and O–H groups in total. The van der Waals surface area contributed by atoms with E-state index in [0.717, 1.165) is 10.5 Å². The molecule has 21 heavy (non-hydrogen) atoms. The van der Waals surface area contributed by atoms with Gasteiger partial charge in [-0.05, 0) is 36.4 Å². The summed E-state index contributed by atoms with van der Waals surface area (Å²) in [5.74, 6) is 0.670. The maximum absolute atomic E-state index is 12.8. The van der Waals surface area contributed by atoms with E-state index in [9.17, 15) is 13.2 Å². The van der Waals surface area contributed by atoms with Gasteiger partial charge in [0.05, 0.1) is 5.56 Å². The lowest BCUT2D eigenvalue weighted by Crippen LogP contribution is -2.15. The summed E-state index contributed by atoms with van der Waals surface area (Å²) in [6, 6.07) is 12.6. The number of benzene rings is 2. The van der Waals surface area contributed by atoms with E-state index >= 15 is 0 Å². The number of alkyl halides is 3. The average molecular weight is 360 g/mol. The van der Waals surface area contributed by atoms with E-state index < -0.39 is 11.7 Å². The van der Waals surface area contributed by atoms with E-state index in [1.54, 1.807) is 18.2 Å². The number of halogens is 4. The Balaban J connectivity index is 1.88. The Morgan fingerprint density at radius 2 is 1.67 bits per heavy atom. The molecule has 0 heterocycles. The van der Waals surface area contributed by atoms with Crippen molar-refractivity contribution in [1.82, 2.24) is 0 Å². The van der Waals surface area contributed by atoms with Crippen molar-refractivity contribution >= 4 is 21.6 Å². The fourth-order valence-corrected chi connectivity index (χ4v) is 2.03. The molecule has 0 aliphatic carbocycles. The summed E-state index contributed by atoms with van der Waals surface area (Å²) in [4.78, 5) is 0. The number of para-hydroxylation sites is 1. The van der Waals surface area contributed by atoms with Crippen LogP contribution in [-0.4, -0.2) is 13.2 Å². The minimum absolute atomic E-state index is 0.0596. The van der Waals surface area contributed by atoms with E-state index in [1.165, 1.54) is 12.1 Å². The maximum atomic E-state index is 12.8. The Labute approximate surface area is 129 Å². The van der Waals surface area contributed by atoms with Gasteiger partial charge >= 0.3 is 6.18 Å². The molecular formula is C15H13BrF3NO. The van der Waals surface area contributed by atoms with Gasteiger partial charge in [0.2, 0.25) is 0 Å². The molecule has 0 unspecified atom stereocenters. The van der Waals surface area contributed by atoms with Crippen LogP contribution in [0, 0.1) is 0 Å². The number of hydrogen-bond acceptors (Lipinski definition) is 2. The highest BCUT2D eigenvalue weighted by molar-refractivity contribution is 9.10. The molecular weight excluding hydrogens is 347 g/mol. The fraction of sp³-hybridized carbons (Fsp3) is 0.200. The van der Waals surface area contributed by atoms with Gasteiger partial charge in [0, 0.05) is 16.7 Å². The number of rotatable bonds is 5. The van der Waals surface area contributed by atoms with Crippen molar-refractivity contribution in [2.45, 2.75) is 6.18 Å². The summed E-state index contributed by atoms with van der Waals surface area (Å²) in [6.07, 6.45) is -4.36. The van der Waals surface area contributed by atoms with Crippen molar-refractivity contribution in [3.05, 3.63) is 58.6 Å². The zero-order chi connectivity index (χ0) is 15.3. The molecule has 0 atom stereocenters. The normalized spacial score (nSPS) is 11.2. The number of anilines is 1. The monoisotopic (exact) mass is 359 g/mol. The Bertz CT molecular complexity index is 584. The quantitative estimate of drug-likeness (QED) is 0.761. The van der Waals surface area contributed by atoms with Crippen LogP contribution >= 0.6 is 15.9 Å². The second kappa shape index (κ2) is 6.85. The van der Waals surface area contributed by atoms with Crippen molar-refractivity contribution < 1.29 is 17.9 Å². The van der Waals surface area contributed by atoms with Crippen LogP contribution < -0.4 is 10.1 Å². The highest BCUT2D eigenvalue weighted by Crippen LogP contribution is 2.34. The molecule has 2 nitrogen and oxygen atoms in total. The van der Waals surface area contributed by atoms with Gasteiger partial charge in [0.1, 0.15) is 12.4 Å². The summed E-state index contributed by atoms with van der Waals surface area (Å²) in [7, 11) is 0. The first kappa shape index (κ1) is 15.7. The molecule has 0 fully saturated rings. The third-order valence-electron chi connectivity index (χ3n) is 2.73. The molecule has 0 saturated heterocycles. The molecule has 0 amide bonds. The standard InChI is InChI=1S/C15H13BrF3NO/c16-11-5-7-12(8-6-11)21-10-9-20-14-4-2-1-3-13(14)15(17,18)19/h1-8,20H,9-10H2. The van der Waals surface area contributed by atoms with E-state index in [0.29, 0.717) is 5.75 Å².